The zero-order chi connectivity index (χ0) is 37.8. The molecule has 0 bridgehead atoms. The first-order valence-corrected chi connectivity index (χ1v) is 18.7. The monoisotopic (exact) mass is 713 g/mol. The SMILES string of the molecule is CC(/C=C/C1=[N+](CCC(=O)O)c2c(c3ccccc3c3ccccc23)C1(C)C)=C\C=C1/N(CCOC=O)c2c(c3ccccc3c3ccccc23)C1(C)C. The van der Waals surface area contributed by atoms with Crippen molar-refractivity contribution in [2.24, 2.45) is 0 Å². The van der Waals surface area contributed by atoms with Crippen molar-refractivity contribution in [3.05, 3.63) is 144 Å². The van der Waals surface area contributed by atoms with Gasteiger partial charge < -0.3 is 14.7 Å². The molecule has 6 aromatic carbocycles. The molecule has 0 fully saturated rings. The number of hydrogen-bond donors (Lipinski definition) is 1. The standard InChI is InChI=1S/C48H44N2O4/c1-31(22-24-40-47(2,3)43-36-18-10-6-14-32(36)34-16-8-12-20-38(34)45(43)49(40)27-26-42(52)53)23-25-41-48(4,5)44-37-19-11-7-15-33(37)35-17-9-13-21-39(35)46(44)50(41)28-29-54-30-51/h6-25,30H,26-29H2,1-5H3/p+1. The third-order valence-electron chi connectivity index (χ3n) is 11.5. The molecule has 0 saturated carbocycles. The van der Waals surface area contributed by atoms with Gasteiger partial charge in [0.05, 0.1) is 23.0 Å². The molecule has 2 aliphatic heterocycles. The Kier molecular flexibility index (Phi) is 8.72. The highest BCUT2D eigenvalue weighted by Crippen LogP contribution is 2.54. The summed E-state index contributed by atoms with van der Waals surface area (Å²) in [6.07, 6.45) is 8.74. The van der Waals surface area contributed by atoms with Gasteiger partial charge in [-0.25, -0.2) is 0 Å². The van der Waals surface area contributed by atoms with Crippen LogP contribution in [0.4, 0.5) is 11.4 Å². The number of benzene rings is 6. The number of hydrogen-bond acceptors (Lipinski definition) is 4. The Balaban J connectivity index is 1.25. The summed E-state index contributed by atoms with van der Waals surface area (Å²) in [5, 5.41) is 19.4. The van der Waals surface area contributed by atoms with Gasteiger partial charge in [-0.2, -0.15) is 4.58 Å². The van der Waals surface area contributed by atoms with Gasteiger partial charge in [-0.1, -0.05) is 123 Å². The fourth-order valence-electron chi connectivity index (χ4n) is 9.18. The summed E-state index contributed by atoms with van der Waals surface area (Å²) in [6.45, 7) is 12.8. The second kappa shape index (κ2) is 13.4. The topological polar surface area (TPSA) is 69.8 Å². The van der Waals surface area contributed by atoms with Crippen molar-refractivity contribution in [3.8, 4) is 0 Å². The summed E-state index contributed by atoms with van der Waals surface area (Å²) >= 11 is 0. The number of carboxylic acids is 1. The number of nitrogens with zero attached hydrogens (tertiary/aromatic N) is 2. The molecule has 0 spiro atoms. The van der Waals surface area contributed by atoms with Crippen LogP contribution in [0.5, 0.6) is 0 Å². The summed E-state index contributed by atoms with van der Waals surface area (Å²) in [5.41, 5.74) is 7.26. The van der Waals surface area contributed by atoms with Crippen molar-refractivity contribution in [3.63, 3.8) is 0 Å². The maximum absolute atomic E-state index is 12.0. The number of carboxylic acid groups (broad SMARTS) is 1. The minimum atomic E-state index is -0.818. The minimum Gasteiger partial charge on any atom is -0.481 e. The first-order valence-electron chi connectivity index (χ1n) is 18.7. The molecule has 0 saturated heterocycles. The largest absolute Gasteiger partial charge is 0.481 e. The lowest BCUT2D eigenvalue weighted by atomic mass is 9.78. The number of fused-ring (bicyclic) bond motifs is 12. The highest BCUT2D eigenvalue weighted by molar-refractivity contribution is 6.19. The molecule has 0 unspecified atom stereocenters. The lowest BCUT2D eigenvalue weighted by Gasteiger charge is -2.27. The Hall–Kier alpha value is -6.01. The molecule has 54 heavy (non-hydrogen) atoms. The van der Waals surface area contributed by atoms with E-state index in [2.05, 4.69) is 165 Å². The van der Waals surface area contributed by atoms with Crippen LogP contribution < -0.4 is 4.90 Å². The molecule has 2 aliphatic rings. The van der Waals surface area contributed by atoms with Gasteiger partial charge in [0.15, 0.2) is 12.3 Å². The predicted octanol–water partition coefficient (Wildman–Crippen LogP) is 10.5. The summed E-state index contributed by atoms with van der Waals surface area (Å²) in [5.74, 6) is -0.818. The van der Waals surface area contributed by atoms with Crippen LogP contribution in [0, 0.1) is 0 Å². The van der Waals surface area contributed by atoms with E-state index >= 15 is 0 Å². The fourth-order valence-corrected chi connectivity index (χ4v) is 9.18. The average Bonchev–Trinajstić information content (AvgIpc) is 3.54. The number of carbonyl (C=O) groups is 2. The molecule has 270 valence electrons. The van der Waals surface area contributed by atoms with E-state index in [0.29, 0.717) is 19.6 Å². The number of allylic oxidation sites excluding steroid dienone is 6. The Bertz CT molecular complexity index is 2660. The molecule has 0 aromatic heterocycles. The highest BCUT2D eigenvalue weighted by Gasteiger charge is 2.47. The van der Waals surface area contributed by atoms with E-state index in [4.69, 9.17) is 4.74 Å². The summed E-state index contributed by atoms with van der Waals surface area (Å²) in [7, 11) is 0. The summed E-state index contributed by atoms with van der Waals surface area (Å²) in [4.78, 5) is 25.6. The maximum atomic E-state index is 12.0. The zero-order valence-corrected chi connectivity index (χ0v) is 31.5. The maximum Gasteiger partial charge on any atom is 0.309 e. The minimum absolute atomic E-state index is 0.0254. The Morgan fingerprint density at radius 3 is 1.85 bits per heavy atom. The van der Waals surface area contributed by atoms with Gasteiger partial charge in [-0.3, -0.25) is 9.59 Å². The summed E-state index contributed by atoms with van der Waals surface area (Å²) < 4.78 is 7.51. The van der Waals surface area contributed by atoms with Gasteiger partial charge >= 0.3 is 5.97 Å². The second-order valence-electron chi connectivity index (χ2n) is 15.5. The van der Waals surface area contributed by atoms with E-state index in [1.807, 2.05) is 0 Å². The molecule has 0 atom stereocenters. The number of ether oxygens (including phenoxy) is 1. The molecule has 1 N–H and O–H groups in total. The molecule has 6 heteroatoms. The first kappa shape index (κ1) is 35.0. The first-order chi connectivity index (χ1) is 26.1. The molecular weight excluding hydrogens is 669 g/mol. The Morgan fingerprint density at radius 2 is 1.26 bits per heavy atom. The van der Waals surface area contributed by atoms with Gasteiger partial charge in [0, 0.05) is 28.1 Å². The van der Waals surface area contributed by atoms with Crippen LogP contribution in [-0.2, 0) is 25.2 Å². The smallest absolute Gasteiger partial charge is 0.309 e. The van der Waals surface area contributed by atoms with Crippen LogP contribution in [0.3, 0.4) is 0 Å². The van der Waals surface area contributed by atoms with Crippen LogP contribution in [0.1, 0.15) is 52.2 Å². The second-order valence-corrected chi connectivity index (χ2v) is 15.5. The third kappa shape index (κ3) is 5.51. The number of rotatable bonds is 10. The van der Waals surface area contributed by atoms with E-state index < -0.39 is 5.97 Å². The van der Waals surface area contributed by atoms with Gasteiger partial charge in [-0.05, 0) is 70.8 Å². The lowest BCUT2D eigenvalue weighted by molar-refractivity contribution is -0.435. The molecule has 6 aromatic rings. The summed E-state index contributed by atoms with van der Waals surface area (Å²) in [6, 6.07) is 34.2. The van der Waals surface area contributed by atoms with Gasteiger partial charge in [0.25, 0.3) is 6.47 Å². The lowest BCUT2D eigenvalue weighted by Crippen LogP contribution is -2.29. The number of carbonyl (C=O) groups excluding carboxylic acids is 1. The van der Waals surface area contributed by atoms with Crippen LogP contribution in [0.15, 0.2) is 133 Å². The number of anilines is 1. The van der Waals surface area contributed by atoms with E-state index in [9.17, 15) is 14.7 Å². The Labute approximate surface area is 316 Å². The zero-order valence-electron chi connectivity index (χ0n) is 31.5. The van der Waals surface area contributed by atoms with Crippen LogP contribution >= 0.6 is 0 Å². The normalized spacial score (nSPS) is 17.0. The van der Waals surface area contributed by atoms with Gasteiger partial charge in [0.2, 0.25) is 5.69 Å². The van der Waals surface area contributed by atoms with Gasteiger partial charge in [-0.15, -0.1) is 0 Å². The van der Waals surface area contributed by atoms with Crippen LogP contribution in [-0.4, -0.2) is 47.5 Å². The third-order valence-corrected chi connectivity index (χ3v) is 11.5. The molecule has 0 amide bonds. The van der Waals surface area contributed by atoms with E-state index in [1.165, 1.54) is 48.8 Å². The predicted molar refractivity (Wildman–Crippen MR) is 221 cm³/mol. The molecular formula is C48H45N2O4+. The average molecular weight is 714 g/mol. The van der Waals surface area contributed by atoms with Gasteiger partial charge in [0.1, 0.15) is 13.0 Å². The number of aliphatic carboxylic acids is 1. The van der Waals surface area contributed by atoms with E-state index in [1.54, 1.807) is 0 Å². The van der Waals surface area contributed by atoms with Crippen molar-refractivity contribution < 1.29 is 24.0 Å². The fraction of sp³-hybridized carbons (Fsp3) is 0.229. The molecule has 2 heterocycles. The molecule has 0 radical (unpaired) electrons. The van der Waals surface area contributed by atoms with Crippen LogP contribution in [0.25, 0.3) is 43.1 Å². The highest BCUT2D eigenvalue weighted by atomic mass is 16.5. The van der Waals surface area contributed by atoms with Crippen molar-refractivity contribution in [1.82, 2.24) is 0 Å². The van der Waals surface area contributed by atoms with Crippen molar-refractivity contribution in [2.75, 3.05) is 24.6 Å². The molecule has 8 rings (SSSR count). The van der Waals surface area contributed by atoms with E-state index in [0.717, 1.165) is 33.7 Å². The molecule has 0 aliphatic carbocycles. The van der Waals surface area contributed by atoms with Crippen molar-refractivity contribution in [2.45, 2.75) is 51.9 Å². The Morgan fingerprint density at radius 1 is 0.741 bits per heavy atom. The van der Waals surface area contributed by atoms with E-state index in [-0.39, 0.29) is 23.9 Å². The van der Waals surface area contributed by atoms with Crippen molar-refractivity contribution >= 4 is 72.6 Å². The molecule has 6 nitrogen and oxygen atoms in total. The van der Waals surface area contributed by atoms with Crippen molar-refractivity contribution in [1.29, 1.82) is 0 Å². The van der Waals surface area contributed by atoms with Crippen LogP contribution in [0.2, 0.25) is 0 Å². The quantitative estimate of drug-likeness (QED) is 0.0503.